The molecule has 19 heavy (non-hydrogen) atoms. The molecular weight excluding hydrogens is 246 g/mol. The summed E-state index contributed by atoms with van der Waals surface area (Å²) >= 11 is 0. The van der Waals surface area contributed by atoms with Crippen molar-refractivity contribution in [2.75, 3.05) is 7.05 Å². The second-order valence-electron chi connectivity index (χ2n) is 4.45. The van der Waals surface area contributed by atoms with Crippen molar-refractivity contribution in [3.63, 3.8) is 0 Å². The first-order valence-corrected chi connectivity index (χ1v) is 5.91. The summed E-state index contributed by atoms with van der Waals surface area (Å²) in [7, 11) is 1.46. The van der Waals surface area contributed by atoms with Crippen LogP contribution < -0.4 is 0 Å². The van der Waals surface area contributed by atoms with Crippen molar-refractivity contribution in [1.29, 1.82) is 0 Å². The van der Waals surface area contributed by atoms with E-state index < -0.39 is 12.0 Å². The number of Topliss-reactive ketones (excluding diaryl/α,β-unsaturated/α-hetero) is 1. The number of amides is 1. The number of nitrogens with zero attached hydrogens (tertiary/aromatic N) is 1. The van der Waals surface area contributed by atoms with Crippen molar-refractivity contribution in [3.8, 4) is 0 Å². The Hall–Kier alpha value is -2.17. The fraction of sp³-hybridized carbons (Fsp3) is 0.357. The molecular formula is C14H17NO4. The molecule has 5 heteroatoms. The van der Waals surface area contributed by atoms with E-state index in [-0.39, 0.29) is 18.1 Å². The average molecular weight is 263 g/mol. The molecule has 0 spiro atoms. The molecule has 0 saturated carbocycles. The molecule has 0 fully saturated rings. The first kappa shape index (κ1) is 14.9. The Kier molecular flexibility index (Phi) is 4.80. The van der Waals surface area contributed by atoms with Crippen LogP contribution >= 0.6 is 0 Å². The quantitative estimate of drug-likeness (QED) is 0.814. The van der Waals surface area contributed by atoms with Gasteiger partial charge in [-0.15, -0.1) is 0 Å². The van der Waals surface area contributed by atoms with Gasteiger partial charge >= 0.3 is 5.97 Å². The minimum absolute atomic E-state index is 0.0329. The number of likely N-dealkylation sites (N-methyl/N-ethyl adjacent to an activating group) is 1. The summed E-state index contributed by atoms with van der Waals surface area (Å²) < 4.78 is 0. The molecule has 0 aliphatic rings. The van der Waals surface area contributed by atoms with Gasteiger partial charge in [-0.05, 0) is 19.4 Å². The van der Waals surface area contributed by atoms with Gasteiger partial charge in [-0.3, -0.25) is 9.59 Å². The number of hydrogen-bond acceptors (Lipinski definition) is 3. The molecule has 1 N–H and O–H groups in total. The summed E-state index contributed by atoms with van der Waals surface area (Å²) in [5.74, 6) is -1.34. The van der Waals surface area contributed by atoms with Crippen molar-refractivity contribution in [3.05, 3.63) is 35.4 Å². The number of benzene rings is 1. The third-order valence-corrected chi connectivity index (χ3v) is 3.05. The van der Waals surface area contributed by atoms with E-state index in [9.17, 15) is 14.4 Å². The molecule has 1 atom stereocenters. The van der Waals surface area contributed by atoms with Gasteiger partial charge < -0.3 is 10.0 Å². The number of ketones is 1. The first-order chi connectivity index (χ1) is 8.82. The van der Waals surface area contributed by atoms with E-state index in [0.29, 0.717) is 5.56 Å². The van der Waals surface area contributed by atoms with Gasteiger partial charge in [0.15, 0.2) is 5.78 Å². The number of rotatable bonds is 5. The summed E-state index contributed by atoms with van der Waals surface area (Å²) in [5, 5.41) is 8.83. The van der Waals surface area contributed by atoms with Gasteiger partial charge in [0, 0.05) is 12.6 Å². The Morgan fingerprint density at radius 3 is 2.16 bits per heavy atom. The predicted molar refractivity (Wildman–Crippen MR) is 70.0 cm³/mol. The van der Waals surface area contributed by atoms with Crippen LogP contribution in [0.1, 0.15) is 29.8 Å². The van der Waals surface area contributed by atoms with Crippen LogP contribution in [0.15, 0.2) is 24.3 Å². The van der Waals surface area contributed by atoms with Crippen molar-refractivity contribution < 1.29 is 19.5 Å². The van der Waals surface area contributed by atoms with Gasteiger partial charge in [0.25, 0.3) is 0 Å². The van der Waals surface area contributed by atoms with E-state index in [1.54, 1.807) is 24.3 Å². The summed E-state index contributed by atoms with van der Waals surface area (Å²) in [6.45, 7) is 2.93. The second kappa shape index (κ2) is 6.13. The topological polar surface area (TPSA) is 74.7 Å². The Balaban J connectivity index is 2.71. The van der Waals surface area contributed by atoms with Crippen molar-refractivity contribution in [2.45, 2.75) is 26.3 Å². The van der Waals surface area contributed by atoms with E-state index in [0.717, 1.165) is 5.56 Å². The van der Waals surface area contributed by atoms with Crippen LogP contribution in [-0.4, -0.2) is 40.8 Å². The van der Waals surface area contributed by atoms with Crippen LogP contribution in [0.3, 0.4) is 0 Å². The first-order valence-electron chi connectivity index (χ1n) is 5.91. The maximum Gasteiger partial charge on any atom is 0.326 e. The van der Waals surface area contributed by atoms with E-state index in [1.165, 1.54) is 25.8 Å². The number of carboxylic acids is 1. The zero-order valence-corrected chi connectivity index (χ0v) is 11.2. The maximum absolute atomic E-state index is 11.9. The van der Waals surface area contributed by atoms with Gasteiger partial charge in [-0.25, -0.2) is 4.79 Å². The smallest absolute Gasteiger partial charge is 0.326 e. The molecule has 5 nitrogen and oxygen atoms in total. The molecule has 0 radical (unpaired) electrons. The minimum atomic E-state index is -1.04. The van der Waals surface area contributed by atoms with E-state index >= 15 is 0 Å². The standard InChI is InChI=1S/C14H17NO4/c1-9(14(18)19)15(3)13(17)8-11-4-6-12(7-5-11)10(2)16/h4-7,9H,8H2,1-3H3,(H,18,19). The summed E-state index contributed by atoms with van der Waals surface area (Å²) in [4.78, 5) is 35.0. The molecule has 1 aromatic rings. The number of carbonyl (C=O) groups excluding carboxylic acids is 2. The predicted octanol–water partition coefficient (Wildman–Crippen LogP) is 1.36. The van der Waals surface area contributed by atoms with Gasteiger partial charge in [0.2, 0.25) is 5.91 Å². The molecule has 0 aromatic heterocycles. The fourth-order valence-electron chi connectivity index (χ4n) is 1.54. The van der Waals surface area contributed by atoms with Gasteiger partial charge in [0.05, 0.1) is 6.42 Å². The molecule has 0 aliphatic heterocycles. The highest BCUT2D eigenvalue weighted by Crippen LogP contribution is 2.08. The molecule has 0 aliphatic carbocycles. The zero-order chi connectivity index (χ0) is 14.6. The van der Waals surface area contributed by atoms with E-state index in [2.05, 4.69) is 0 Å². The lowest BCUT2D eigenvalue weighted by Crippen LogP contribution is -2.41. The van der Waals surface area contributed by atoms with Crippen LogP contribution in [-0.2, 0) is 16.0 Å². The Labute approximate surface area is 111 Å². The van der Waals surface area contributed by atoms with Gasteiger partial charge in [0.1, 0.15) is 6.04 Å². The fourth-order valence-corrected chi connectivity index (χ4v) is 1.54. The van der Waals surface area contributed by atoms with Crippen molar-refractivity contribution >= 4 is 17.7 Å². The monoisotopic (exact) mass is 263 g/mol. The number of carboxylic acid groups (broad SMARTS) is 1. The second-order valence-corrected chi connectivity index (χ2v) is 4.45. The lowest BCUT2D eigenvalue weighted by Gasteiger charge is -2.21. The van der Waals surface area contributed by atoms with Crippen LogP contribution in [0.5, 0.6) is 0 Å². The maximum atomic E-state index is 11.9. The number of carbonyl (C=O) groups is 3. The highest BCUT2D eigenvalue weighted by atomic mass is 16.4. The molecule has 0 heterocycles. The van der Waals surface area contributed by atoms with Crippen molar-refractivity contribution in [2.24, 2.45) is 0 Å². The minimum Gasteiger partial charge on any atom is -0.480 e. The zero-order valence-electron chi connectivity index (χ0n) is 11.2. The number of hydrogen-bond donors (Lipinski definition) is 1. The summed E-state index contributed by atoms with van der Waals surface area (Å²) in [6, 6.07) is 5.86. The van der Waals surface area contributed by atoms with Gasteiger partial charge in [-0.2, -0.15) is 0 Å². The highest BCUT2D eigenvalue weighted by Gasteiger charge is 2.21. The number of aliphatic carboxylic acids is 1. The molecule has 1 aromatic carbocycles. The van der Waals surface area contributed by atoms with Crippen LogP contribution in [0.25, 0.3) is 0 Å². The summed E-state index contributed by atoms with van der Waals surface area (Å²) in [5.41, 5.74) is 1.34. The van der Waals surface area contributed by atoms with Crippen LogP contribution in [0, 0.1) is 0 Å². The van der Waals surface area contributed by atoms with Crippen molar-refractivity contribution in [1.82, 2.24) is 4.90 Å². The SMILES string of the molecule is CC(=O)c1ccc(CC(=O)N(C)C(C)C(=O)O)cc1. The van der Waals surface area contributed by atoms with E-state index in [1.807, 2.05) is 0 Å². The van der Waals surface area contributed by atoms with Gasteiger partial charge in [-0.1, -0.05) is 24.3 Å². The molecule has 102 valence electrons. The molecule has 0 bridgehead atoms. The lowest BCUT2D eigenvalue weighted by atomic mass is 10.1. The van der Waals surface area contributed by atoms with Crippen LogP contribution in [0.2, 0.25) is 0 Å². The summed E-state index contributed by atoms with van der Waals surface area (Å²) in [6.07, 6.45) is 0.117. The highest BCUT2D eigenvalue weighted by molar-refractivity contribution is 5.94. The molecule has 1 unspecified atom stereocenters. The Bertz CT molecular complexity index is 493. The Morgan fingerprint density at radius 1 is 1.21 bits per heavy atom. The molecule has 0 saturated heterocycles. The van der Waals surface area contributed by atoms with E-state index in [4.69, 9.17) is 5.11 Å². The third kappa shape index (κ3) is 3.91. The lowest BCUT2D eigenvalue weighted by molar-refractivity contribution is -0.147. The van der Waals surface area contributed by atoms with Crippen LogP contribution in [0.4, 0.5) is 0 Å². The third-order valence-electron chi connectivity index (χ3n) is 3.05. The largest absolute Gasteiger partial charge is 0.480 e. The molecule has 1 rings (SSSR count). The average Bonchev–Trinajstić information content (AvgIpc) is 2.37. The molecule has 1 amide bonds. The normalized spacial score (nSPS) is 11.7. The Morgan fingerprint density at radius 2 is 1.74 bits per heavy atom.